The maximum Gasteiger partial charge on any atom is 0.250 e. The molecule has 1 aromatic heterocycles. The summed E-state index contributed by atoms with van der Waals surface area (Å²) in [6.07, 6.45) is -0.680. The third-order valence-corrected chi connectivity index (χ3v) is 6.56. The van der Waals surface area contributed by atoms with E-state index < -0.39 is 6.10 Å². The Kier molecular flexibility index (Phi) is 6.08. The first-order valence-electron chi connectivity index (χ1n) is 9.80. The second-order valence-electron chi connectivity index (χ2n) is 7.48. The van der Waals surface area contributed by atoms with Crippen LogP contribution in [0.5, 0.6) is 0 Å². The number of nitrogens with one attached hydrogen (secondary N) is 2. The number of nitriles is 1. The predicted octanol–water partition coefficient (Wildman–Crippen LogP) is 1.03. The molecule has 29 heavy (non-hydrogen) atoms. The number of carbonyl (C=O) groups is 1. The highest BCUT2D eigenvalue weighted by molar-refractivity contribution is 7.17. The summed E-state index contributed by atoms with van der Waals surface area (Å²) in [5, 5.41) is 15.6. The fourth-order valence-electron chi connectivity index (χ4n) is 3.94. The standard InChI is InChI=1S/C20H25N5O3S/c1-12-10-28-15(9-23-20(26)16-8-22-5-6-27-16)18(25(12)2)14-4-3-13(7-21)17-19(14)29-11-24-17/h3-4,11-12,15-16,18,22H,5-6,8-10H2,1-2H3,(H,23,26)/t12-,15-,16?,18-/m1/s1. The summed E-state index contributed by atoms with van der Waals surface area (Å²) in [5.41, 5.74) is 4.15. The third kappa shape index (κ3) is 3.99. The number of rotatable bonds is 4. The van der Waals surface area contributed by atoms with Gasteiger partial charge >= 0.3 is 0 Å². The molecule has 1 aromatic carbocycles. The van der Waals surface area contributed by atoms with Gasteiger partial charge in [0.25, 0.3) is 5.91 Å². The zero-order chi connectivity index (χ0) is 20.4. The van der Waals surface area contributed by atoms with E-state index in [4.69, 9.17) is 9.47 Å². The summed E-state index contributed by atoms with van der Waals surface area (Å²) in [7, 11) is 2.08. The second kappa shape index (κ2) is 8.73. The fourth-order valence-corrected chi connectivity index (χ4v) is 4.80. The van der Waals surface area contributed by atoms with Crippen molar-refractivity contribution in [2.24, 2.45) is 0 Å². The minimum Gasteiger partial charge on any atom is -0.373 e. The number of likely N-dealkylation sites (N-methyl/N-ethyl adjacent to an activating group) is 1. The molecule has 4 atom stereocenters. The van der Waals surface area contributed by atoms with Gasteiger partial charge in [0.2, 0.25) is 0 Å². The lowest BCUT2D eigenvalue weighted by Crippen LogP contribution is -2.54. The van der Waals surface area contributed by atoms with Crippen molar-refractivity contribution in [2.45, 2.75) is 31.2 Å². The summed E-state index contributed by atoms with van der Waals surface area (Å²) in [6, 6.07) is 6.21. The van der Waals surface area contributed by atoms with E-state index in [-0.39, 0.29) is 24.1 Å². The summed E-state index contributed by atoms with van der Waals surface area (Å²) < 4.78 is 12.7. The first-order valence-corrected chi connectivity index (χ1v) is 10.7. The van der Waals surface area contributed by atoms with Crippen molar-refractivity contribution in [3.05, 3.63) is 28.8 Å². The average molecular weight is 416 g/mol. The van der Waals surface area contributed by atoms with Crippen LogP contribution in [0.25, 0.3) is 10.2 Å². The SMILES string of the molecule is C[C@@H]1CO[C@H](CNC(=O)C2CNCCO2)[C@@H](c2ccc(C#N)c3ncsc23)N1C. The van der Waals surface area contributed by atoms with Crippen LogP contribution in [0.15, 0.2) is 17.6 Å². The van der Waals surface area contributed by atoms with E-state index in [1.54, 1.807) is 5.51 Å². The number of benzene rings is 1. The zero-order valence-corrected chi connectivity index (χ0v) is 17.4. The number of aromatic nitrogens is 1. The van der Waals surface area contributed by atoms with E-state index in [1.807, 2.05) is 12.1 Å². The molecule has 154 valence electrons. The Morgan fingerprint density at radius 3 is 3.10 bits per heavy atom. The maximum absolute atomic E-state index is 12.5. The number of carbonyl (C=O) groups excluding carboxylic acids is 1. The monoisotopic (exact) mass is 415 g/mol. The molecule has 1 unspecified atom stereocenters. The van der Waals surface area contributed by atoms with Crippen LogP contribution >= 0.6 is 11.3 Å². The number of hydrogen-bond donors (Lipinski definition) is 2. The average Bonchev–Trinajstić information content (AvgIpc) is 3.25. The highest BCUT2D eigenvalue weighted by atomic mass is 32.1. The van der Waals surface area contributed by atoms with Crippen LogP contribution in [0, 0.1) is 11.3 Å². The fraction of sp³-hybridized carbons (Fsp3) is 0.550. The Bertz CT molecular complexity index is 920. The van der Waals surface area contributed by atoms with Crippen LogP contribution in [0.4, 0.5) is 0 Å². The normalized spacial score (nSPS) is 28.2. The molecule has 2 aliphatic heterocycles. The van der Waals surface area contributed by atoms with Gasteiger partial charge < -0.3 is 20.1 Å². The highest BCUT2D eigenvalue weighted by Crippen LogP contribution is 2.37. The van der Waals surface area contributed by atoms with Gasteiger partial charge in [-0.1, -0.05) is 6.07 Å². The molecule has 1 amide bonds. The Hall–Kier alpha value is -2.09. The van der Waals surface area contributed by atoms with E-state index in [0.29, 0.717) is 31.9 Å². The summed E-state index contributed by atoms with van der Waals surface area (Å²) in [5.74, 6) is -0.122. The van der Waals surface area contributed by atoms with Gasteiger partial charge in [0.05, 0.1) is 46.7 Å². The predicted molar refractivity (Wildman–Crippen MR) is 110 cm³/mol. The molecular formula is C20H25N5O3S. The van der Waals surface area contributed by atoms with Crippen molar-refractivity contribution in [1.29, 1.82) is 5.26 Å². The lowest BCUT2D eigenvalue weighted by atomic mass is 9.95. The molecule has 0 bridgehead atoms. The first kappa shape index (κ1) is 20.2. The maximum atomic E-state index is 12.5. The van der Waals surface area contributed by atoms with Gasteiger partial charge in [0.1, 0.15) is 12.2 Å². The number of ether oxygens (including phenoxy) is 2. The van der Waals surface area contributed by atoms with Crippen LogP contribution in [-0.2, 0) is 14.3 Å². The lowest BCUT2D eigenvalue weighted by molar-refractivity contribution is -0.136. The van der Waals surface area contributed by atoms with Crippen molar-refractivity contribution < 1.29 is 14.3 Å². The van der Waals surface area contributed by atoms with E-state index in [0.717, 1.165) is 22.3 Å². The zero-order valence-electron chi connectivity index (χ0n) is 16.6. The van der Waals surface area contributed by atoms with Gasteiger partial charge in [-0.05, 0) is 25.6 Å². The van der Waals surface area contributed by atoms with Gasteiger partial charge in [-0.15, -0.1) is 11.3 Å². The number of amides is 1. The number of hydrogen-bond acceptors (Lipinski definition) is 8. The Morgan fingerprint density at radius 2 is 2.34 bits per heavy atom. The smallest absolute Gasteiger partial charge is 0.250 e. The molecule has 2 N–H and O–H groups in total. The first-order chi connectivity index (χ1) is 14.1. The molecule has 2 aromatic rings. The molecule has 2 aliphatic rings. The van der Waals surface area contributed by atoms with E-state index in [2.05, 4.69) is 40.6 Å². The molecule has 2 saturated heterocycles. The minimum absolute atomic E-state index is 0.0554. The topological polar surface area (TPSA) is 99.5 Å². The molecule has 0 spiro atoms. The number of morpholine rings is 2. The van der Waals surface area contributed by atoms with Crippen LogP contribution in [0.3, 0.4) is 0 Å². The minimum atomic E-state index is -0.467. The third-order valence-electron chi connectivity index (χ3n) is 5.69. The van der Waals surface area contributed by atoms with Crippen LogP contribution in [0.2, 0.25) is 0 Å². The quantitative estimate of drug-likeness (QED) is 0.769. The van der Waals surface area contributed by atoms with Gasteiger partial charge in [-0.2, -0.15) is 5.26 Å². The van der Waals surface area contributed by atoms with Gasteiger partial charge in [-0.3, -0.25) is 9.69 Å². The molecular weight excluding hydrogens is 390 g/mol. The van der Waals surface area contributed by atoms with Gasteiger partial charge in [0, 0.05) is 25.7 Å². The van der Waals surface area contributed by atoms with E-state index in [1.165, 1.54) is 11.3 Å². The molecule has 2 fully saturated rings. The lowest BCUT2D eigenvalue weighted by Gasteiger charge is -2.43. The largest absolute Gasteiger partial charge is 0.373 e. The van der Waals surface area contributed by atoms with Gasteiger partial charge in [-0.25, -0.2) is 4.98 Å². The molecule has 0 radical (unpaired) electrons. The molecule has 3 heterocycles. The Balaban J connectivity index is 1.58. The Morgan fingerprint density at radius 1 is 1.48 bits per heavy atom. The van der Waals surface area contributed by atoms with Crippen molar-refractivity contribution in [2.75, 3.05) is 39.9 Å². The molecule has 0 saturated carbocycles. The highest BCUT2D eigenvalue weighted by Gasteiger charge is 2.37. The van der Waals surface area contributed by atoms with Crippen LogP contribution in [0.1, 0.15) is 24.1 Å². The van der Waals surface area contributed by atoms with E-state index >= 15 is 0 Å². The molecule has 8 nitrogen and oxygen atoms in total. The molecule has 4 rings (SSSR count). The van der Waals surface area contributed by atoms with Gasteiger partial charge in [0.15, 0.2) is 0 Å². The second-order valence-corrected chi connectivity index (χ2v) is 8.34. The number of nitrogens with zero attached hydrogens (tertiary/aromatic N) is 3. The van der Waals surface area contributed by atoms with Crippen molar-refractivity contribution in [3.63, 3.8) is 0 Å². The number of thiazole rings is 1. The summed E-state index contributed by atoms with van der Waals surface area (Å²) in [4.78, 5) is 19.2. The molecule has 0 aliphatic carbocycles. The van der Waals surface area contributed by atoms with Crippen LogP contribution in [-0.4, -0.2) is 73.9 Å². The Labute approximate surface area is 173 Å². The van der Waals surface area contributed by atoms with Crippen LogP contribution < -0.4 is 10.6 Å². The molecule has 9 heteroatoms. The van der Waals surface area contributed by atoms with Crippen molar-refractivity contribution >= 4 is 27.5 Å². The number of fused-ring (bicyclic) bond motifs is 1. The van der Waals surface area contributed by atoms with Crippen molar-refractivity contribution in [1.82, 2.24) is 20.5 Å². The summed E-state index contributed by atoms with van der Waals surface area (Å²) in [6.45, 7) is 4.93. The summed E-state index contributed by atoms with van der Waals surface area (Å²) >= 11 is 1.53. The van der Waals surface area contributed by atoms with Crippen molar-refractivity contribution in [3.8, 4) is 6.07 Å². The van der Waals surface area contributed by atoms with E-state index in [9.17, 15) is 10.1 Å².